The van der Waals surface area contributed by atoms with E-state index in [1.807, 2.05) is 30.3 Å². The SMILES string of the molecule is C[C@@H](O[C@H]1CCCN(Cc2n[nH]c(=O)[nH]2)[C@H]1c1ccccc1)c1cccc(C(F)(F)F)c1. The first-order chi connectivity index (χ1) is 15.3. The second-order valence-electron chi connectivity index (χ2n) is 8.03. The van der Waals surface area contributed by atoms with E-state index in [0.717, 1.165) is 37.1 Å². The average Bonchev–Trinajstić information content (AvgIpc) is 3.18. The fraction of sp³-hybridized carbons (Fsp3) is 0.391. The lowest BCUT2D eigenvalue weighted by molar-refractivity contribution is -0.137. The van der Waals surface area contributed by atoms with E-state index >= 15 is 0 Å². The van der Waals surface area contributed by atoms with Crippen LogP contribution in [0.2, 0.25) is 0 Å². The maximum Gasteiger partial charge on any atom is 0.416 e. The third kappa shape index (κ3) is 5.11. The van der Waals surface area contributed by atoms with Crippen LogP contribution in [-0.4, -0.2) is 32.7 Å². The van der Waals surface area contributed by atoms with Gasteiger partial charge >= 0.3 is 11.9 Å². The molecule has 1 saturated heterocycles. The summed E-state index contributed by atoms with van der Waals surface area (Å²) in [4.78, 5) is 16.3. The van der Waals surface area contributed by atoms with Gasteiger partial charge in [-0.05, 0) is 49.6 Å². The Bertz CT molecular complexity index is 1080. The zero-order chi connectivity index (χ0) is 22.7. The van der Waals surface area contributed by atoms with Gasteiger partial charge in [-0.3, -0.25) is 9.88 Å². The minimum Gasteiger partial charge on any atom is -0.369 e. The van der Waals surface area contributed by atoms with Gasteiger partial charge in [0.25, 0.3) is 0 Å². The lowest BCUT2D eigenvalue weighted by atomic mass is 9.91. The van der Waals surface area contributed by atoms with Gasteiger partial charge in [-0.25, -0.2) is 9.89 Å². The summed E-state index contributed by atoms with van der Waals surface area (Å²) >= 11 is 0. The maximum atomic E-state index is 13.2. The van der Waals surface area contributed by atoms with Crippen molar-refractivity contribution in [3.05, 3.63) is 87.6 Å². The van der Waals surface area contributed by atoms with Crippen LogP contribution < -0.4 is 5.69 Å². The molecule has 1 fully saturated rings. The minimum absolute atomic E-state index is 0.126. The van der Waals surface area contributed by atoms with Crippen LogP contribution in [0.5, 0.6) is 0 Å². The van der Waals surface area contributed by atoms with E-state index in [9.17, 15) is 18.0 Å². The Kier molecular flexibility index (Phi) is 6.48. The summed E-state index contributed by atoms with van der Waals surface area (Å²) in [5.74, 6) is 0.530. The number of nitrogens with one attached hydrogen (secondary N) is 2. The first-order valence-corrected chi connectivity index (χ1v) is 10.6. The number of nitrogens with zero attached hydrogens (tertiary/aromatic N) is 2. The van der Waals surface area contributed by atoms with Crippen LogP contribution in [0, 0.1) is 0 Å². The van der Waals surface area contributed by atoms with E-state index in [1.54, 1.807) is 13.0 Å². The minimum atomic E-state index is -4.40. The van der Waals surface area contributed by atoms with Gasteiger partial charge in [-0.15, -0.1) is 0 Å². The molecule has 1 aliphatic rings. The van der Waals surface area contributed by atoms with Gasteiger partial charge in [0, 0.05) is 0 Å². The van der Waals surface area contributed by atoms with Crippen molar-refractivity contribution in [2.75, 3.05) is 6.54 Å². The van der Waals surface area contributed by atoms with Crippen LogP contribution in [0.1, 0.15) is 54.4 Å². The smallest absolute Gasteiger partial charge is 0.369 e. The number of likely N-dealkylation sites (tertiary alicyclic amines) is 1. The van der Waals surface area contributed by atoms with Gasteiger partial charge in [-0.2, -0.15) is 18.3 Å². The predicted molar refractivity (Wildman–Crippen MR) is 113 cm³/mol. The van der Waals surface area contributed by atoms with Gasteiger partial charge in [0.15, 0.2) is 0 Å². The van der Waals surface area contributed by atoms with Crippen molar-refractivity contribution in [3.8, 4) is 0 Å². The summed E-state index contributed by atoms with van der Waals surface area (Å²) in [5.41, 5.74) is 0.490. The van der Waals surface area contributed by atoms with Crippen LogP contribution in [0.25, 0.3) is 0 Å². The molecule has 3 atom stereocenters. The standard InChI is InChI=1S/C23H25F3N4O2/c1-15(17-9-5-10-18(13-17)23(24,25)26)32-19-11-6-12-30(14-20-27-22(31)29-28-20)21(19)16-7-3-2-4-8-16/h2-5,7-10,13,15,19,21H,6,11-12,14H2,1H3,(H2,27,28,29,31)/t15-,19+,21+/m1/s1. The van der Waals surface area contributed by atoms with Crippen molar-refractivity contribution in [2.45, 2.75) is 50.7 Å². The van der Waals surface area contributed by atoms with E-state index in [4.69, 9.17) is 4.74 Å². The molecule has 2 aromatic carbocycles. The molecule has 4 rings (SSSR count). The highest BCUT2D eigenvalue weighted by Gasteiger charge is 2.36. The number of rotatable bonds is 6. The molecule has 32 heavy (non-hydrogen) atoms. The third-order valence-electron chi connectivity index (χ3n) is 5.79. The Hall–Kier alpha value is -2.91. The Labute approximate surface area is 183 Å². The molecule has 0 bridgehead atoms. The molecule has 0 unspecified atom stereocenters. The van der Waals surface area contributed by atoms with Crippen LogP contribution in [0.3, 0.4) is 0 Å². The van der Waals surface area contributed by atoms with Gasteiger partial charge < -0.3 is 4.74 Å². The summed E-state index contributed by atoms with van der Waals surface area (Å²) in [7, 11) is 0. The molecular weight excluding hydrogens is 421 g/mol. The van der Waals surface area contributed by atoms with Crippen molar-refractivity contribution in [2.24, 2.45) is 0 Å². The fourth-order valence-corrected chi connectivity index (χ4v) is 4.30. The highest BCUT2D eigenvalue weighted by molar-refractivity contribution is 5.27. The zero-order valence-electron chi connectivity index (χ0n) is 17.6. The van der Waals surface area contributed by atoms with E-state index < -0.39 is 17.8 Å². The summed E-state index contributed by atoms with van der Waals surface area (Å²) in [6.07, 6.45) is -3.52. The Balaban J connectivity index is 1.59. The topological polar surface area (TPSA) is 74.0 Å². The van der Waals surface area contributed by atoms with Crippen molar-refractivity contribution in [1.29, 1.82) is 0 Å². The number of aromatic amines is 2. The number of hydrogen-bond donors (Lipinski definition) is 2. The Morgan fingerprint density at radius 3 is 2.66 bits per heavy atom. The van der Waals surface area contributed by atoms with Crippen molar-refractivity contribution in [1.82, 2.24) is 20.1 Å². The van der Waals surface area contributed by atoms with Crippen molar-refractivity contribution < 1.29 is 17.9 Å². The van der Waals surface area contributed by atoms with Crippen molar-refractivity contribution >= 4 is 0 Å². The molecule has 1 aromatic heterocycles. The molecule has 0 aliphatic carbocycles. The highest BCUT2D eigenvalue weighted by Crippen LogP contribution is 2.37. The quantitative estimate of drug-likeness (QED) is 0.581. The third-order valence-corrected chi connectivity index (χ3v) is 5.79. The van der Waals surface area contributed by atoms with E-state index in [0.29, 0.717) is 17.9 Å². The molecule has 170 valence electrons. The molecule has 2 heterocycles. The predicted octanol–water partition coefficient (Wildman–Crippen LogP) is 4.60. The molecule has 0 spiro atoms. The first-order valence-electron chi connectivity index (χ1n) is 10.6. The molecule has 0 radical (unpaired) electrons. The number of benzene rings is 2. The lowest BCUT2D eigenvalue weighted by Crippen LogP contribution is -2.43. The molecule has 1 aliphatic heterocycles. The van der Waals surface area contributed by atoms with Gasteiger partial charge in [0.05, 0.1) is 30.4 Å². The normalized spacial score (nSPS) is 20.9. The maximum absolute atomic E-state index is 13.2. The Morgan fingerprint density at radius 1 is 1.19 bits per heavy atom. The van der Waals surface area contributed by atoms with Gasteiger partial charge in [-0.1, -0.05) is 42.5 Å². The molecule has 6 nitrogen and oxygen atoms in total. The number of alkyl halides is 3. The summed E-state index contributed by atoms with van der Waals surface area (Å²) in [6.45, 7) is 2.99. The molecule has 9 heteroatoms. The van der Waals surface area contributed by atoms with Crippen LogP contribution in [0.15, 0.2) is 59.4 Å². The van der Waals surface area contributed by atoms with Gasteiger partial charge in [0.2, 0.25) is 0 Å². The molecule has 2 N–H and O–H groups in total. The summed E-state index contributed by atoms with van der Waals surface area (Å²) < 4.78 is 45.8. The van der Waals surface area contributed by atoms with Gasteiger partial charge in [0.1, 0.15) is 5.82 Å². The second kappa shape index (κ2) is 9.30. The van der Waals surface area contributed by atoms with Crippen LogP contribution in [0.4, 0.5) is 13.2 Å². The van der Waals surface area contributed by atoms with Crippen molar-refractivity contribution in [3.63, 3.8) is 0 Å². The summed E-state index contributed by atoms with van der Waals surface area (Å²) in [5, 5.41) is 6.41. The highest BCUT2D eigenvalue weighted by atomic mass is 19.4. The number of halogens is 3. The first kappa shape index (κ1) is 22.3. The average molecular weight is 446 g/mol. The molecule has 3 aromatic rings. The number of ether oxygens (including phenoxy) is 1. The zero-order valence-corrected chi connectivity index (χ0v) is 17.6. The largest absolute Gasteiger partial charge is 0.416 e. The Morgan fingerprint density at radius 2 is 1.97 bits per heavy atom. The van der Waals surface area contributed by atoms with Crippen LogP contribution >= 0.6 is 0 Å². The lowest BCUT2D eigenvalue weighted by Gasteiger charge is -2.42. The number of aromatic nitrogens is 3. The summed E-state index contributed by atoms with van der Waals surface area (Å²) in [6, 6.07) is 15.0. The number of H-pyrrole nitrogens is 2. The van der Waals surface area contributed by atoms with Crippen LogP contribution in [-0.2, 0) is 17.5 Å². The number of hydrogen-bond acceptors (Lipinski definition) is 4. The van der Waals surface area contributed by atoms with E-state index in [2.05, 4.69) is 20.1 Å². The number of piperidine rings is 1. The molecule has 0 saturated carbocycles. The fourth-order valence-electron chi connectivity index (χ4n) is 4.30. The molecular formula is C23H25F3N4O2. The van der Waals surface area contributed by atoms with E-state index in [1.165, 1.54) is 6.07 Å². The second-order valence-corrected chi connectivity index (χ2v) is 8.03. The van der Waals surface area contributed by atoms with E-state index in [-0.39, 0.29) is 17.8 Å². The molecule has 0 amide bonds. The monoisotopic (exact) mass is 446 g/mol.